The molecule has 0 aliphatic carbocycles. The molecule has 0 fully saturated rings. The van der Waals surface area contributed by atoms with Gasteiger partial charge in [0, 0.05) is 19.3 Å². The molecule has 82 heavy (non-hydrogen) atoms. The minimum absolute atomic E-state index is 0.0871. The first-order chi connectivity index (χ1) is 40.5. The molecule has 472 valence electrons. The quantitative estimate of drug-likeness (QED) is 0.0261. The van der Waals surface area contributed by atoms with Crippen LogP contribution in [0.1, 0.15) is 348 Å². The molecule has 6 heteroatoms. The van der Waals surface area contributed by atoms with Crippen molar-refractivity contribution in [1.29, 1.82) is 0 Å². The van der Waals surface area contributed by atoms with Gasteiger partial charge in [-0.1, -0.05) is 323 Å². The molecule has 0 saturated heterocycles. The smallest absolute Gasteiger partial charge is 0.306 e. The van der Waals surface area contributed by atoms with Crippen LogP contribution in [0.4, 0.5) is 0 Å². The van der Waals surface area contributed by atoms with Crippen LogP contribution in [0.3, 0.4) is 0 Å². The van der Waals surface area contributed by atoms with Crippen molar-refractivity contribution in [1.82, 2.24) is 0 Å². The van der Waals surface area contributed by atoms with Crippen LogP contribution in [0.5, 0.6) is 0 Å². The molecule has 0 aromatic heterocycles. The van der Waals surface area contributed by atoms with E-state index in [0.717, 1.165) is 128 Å². The predicted molar refractivity (Wildman–Crippen MR) is 357 cm³/mol. The summed E-state index contributed by atoms with van der Waals surface area (Å²) in [6, 6.07) is 0. The fourth-order valence-electron chi connectivity index (χ4n) is 10.1. The molecule has 1 atom stereocenters. The number of hydrogen-bond acceptors (Lipinski definition) is 6. The minimum Gasteiger partial charge on any atom is -0.462 e. The van der Waals surface area contributed by atoms with Crippen LogP contribution >= 0.6 is 0 Å². The summed E-state index contributed by atoms with van der Waals surface area (Å²) in [5.41, 5.74) is 0. The summed E-state index contributed by atoms with van der Waals surface area (Å²) in [7, 11) is 0. The molecule has 0 aromatic rings. The second-order valence-corrected chi connectivity index (χ2v) is 23.4. The summed E-state index contributed by atoms with van der Waals surface area (Å²) >= 11 is 0. The second kappa shape index (κ2) is 69.8. The van der Waals surface area contributed by atoms with Gasteiger partial charge in [0.2, 0.25) is 0 Å². The number of ether oxygens (including phenoxy) is 3. The first kappa shape index (κ1) is 78.3. The van der Waals surface area contributed by atoms with E-state index < -0.39 is 6.10 Å². The first-order valence-corrected chi connectivity index (χ1v) is 35.2. The Hall–Kier alpha value is -3.67. The number of rotatable bonds is 64. The van der Waals surface area contributed by atoms with Crippen LogP contribution in [0.2, 0.25) is 0 Å². The van der Waals surface area contributed by atoms with Crippen molar-refractivity contribution in [2.75, 3.05) is 13.2 Å². The van der Waals surface area contributed by atoms with Crippen molar-refractivity contribution in [2.45, 2.75) is 354 Å². The van der Waals surface area contributed by atoms with Gasteiger partial charge in [-0.2, -0.15) is 0 Å². The van der Waals surface area contributed by atoms with Gasteiger partial charge < -0.3 is 14.2 Å². The summed E-state index contributed by atoms with van der Waals surface area (Å²) in [5, 5.41) is 0. The minimum atomic E-state index is -0.791. The molecule has 0 aromatic carbocycles. The predicted octanol–water partition coefficient (Wildman–Crippen LogP) is 24.4. The van der Waals surface area contributed by atoms with Crippen LogP contribution in [0, 0.1) is 0 Å². The van der Waals surface area contributed by atoms with E-state index in [1.54, 1.807) is 0 Å². The highest BCUT2D eigenvalue weighted by Crippen LogP contribution is 2.17. The number of esters is 3. The lowest BCUT2D eigenvalue weighted by Gasteiger charge is -2.18. The largest absolute Gasteiger partial charge is 0.462 e. The standard InChI is InChI=1S/C76H132O6/c1-4-7-10-13-16-19-22-25-28-31-33-35-37-38-40-41-43-45-48-51-54-57-60-63-66-69-75(78)81-72-73(71-80-74(77)68-65-62-59-56-53-50-47-30-27-24-21-18-15-12-9-6-3)82-76(79)70-67-64-61-58-55-52-49-46-44-42-39-36-34-32-29-26-23-20-17-14-11-8-5-2/h7,10,16,19,21,24-25,28,30,33,35,38,40,43,45,47,73H,4-6,8-9,11-15,17-18,20,22-23,26-27,29,31-32,34,36-37,39,41-42,44,46,48-72H2,1-3H3/b10-7-,19-16-,24-21-,28-25-,35-33-,40-38-,45-43-,47-30-. The van der Waals surface area contributed by atoms with Crippen LogP contribution in [0.25, 0.3) is 0 Å². The zero-order valence-electron chi connectivity index (χ0n) is 54.2. The number of carbonyl (C=O) groups is 3. The first-order valence-electron chi connectivity index (χ1n) is 35.2. The molecular formula is C76H132O6. The molecule has 0 amide bonds. The maximum atomic E-state index is 13.0. The van der Waals surface area contributed by atoms with E-state index in [0.29, 0.717) is 19.3 Å². The van der Waals surface area contributed by atoms with Crippen molar-refractivity contribution in [3.05, 3.63) is 97.2 Å². The third-order valence-corrected chi connectivity index (χ3v) is 15.3. The van der Waals surface area contributed by atoms with Gasteiger partial charge in [0.15, 0.2) is 6.10 Å². The van der Waals surface area contributed by atoms with Gasteiger partial charge in [0.05, 0.1) is 0 Å². The molecule has 0 radical (unpaired) electrons. The zero-order chi connectivity index (χ0) is 59.2. The van der Waals surface area contributed by atoms with E-state index in [2.05, 4.69) is 118 Å². The topological polar surface area (TPSA) is 78.9 Å². The van der Waals surface area contributed by atoms with E-state index in [4.69, 9.17) is 14.2 Å². The van der Waals surface area contributed by atoms with E-state index in [1.807, 2.05) is 0 Å². The fourth-order valence-corrected chi connectivity index (χ4v) is 10.1. The fraction of sp³-hybridized carbons (Fsp3) is 0.750. The van der Waals surface area contributed by atoms with Crippen LogP contribution in [0.15, 0.2) is 97.2 Å². The zero-order valence-corrected chi connectivity index (χ0v) is 54.2. The Balaban J connectivity index is 4.38. The summed E-state index contributed by atoms with van der Waals surface area (Å²) in [5.74, 6) is -0.897. The summed E-state index contributed by atoms with van der Waals surface area (Å²) in [4.78, 5) is 38.5. The molecular weight excluding hydrogens is 1010 g/mol. The number of hydrogen-bond donors (Lipinski definition) is 0. The van der Waals surface area contributed by atoms with Gasteiger partial charge in [-0.05, 0) is 103 Å². The number of unbranched alkanes of at least 4 members (excludes halogenated alkanes) is 37. The van der Waals surface area contributed by atoms with Gasteiger partial charge in [-0.3, -0.25) is 14.4 Å². The Morgan fingerprint density at radius 3 is 0.756 bits per heavy atom. The molecule has 0 aliphatic rings. The molecule has 0 aliphatic heterocycles. The normalized spacial score (nSPS) is 12.7. The lowest BCUT2D eigenvalue weighted by atomic mass is 10.0. The second-order valence-electron chi connectivity index (χ2n) is 23.4. The Kier molecular flexibility index (Phi) is 66.7. The Labute approximate surface area is 508 Å². The number of allylic oxidation sites excluding steroid dienone is 16. The highest BCUT2D eigenvalue weighted by molar-refractivity contribution is 5.71. The van der Waals surface area contributed by atoms with Crippen LogP contribution < -0.4 is 0 Å². The average Bonchev–Trinajstić information content (AvgIpc) is 3.47. The van der Waals surface area contributed by atoms with E-state index in [9.17, 15) is 14.4 Å². The summed E-state index contributed by atoms with van der Waals surface area (Å²) in [6.07, 6.45) is 94.2. The molecule has 0 spiro atoms. The van der Waals surface area contributed by atoms with Gasteiger partial charge in [0.25, 0.3) is 0 Å². The van der Waals surface area contributed by atoms with Crippen molar-refractivity contribution in [3.63, 3.8) is 0 Å². The van der Waals surface area contributed by atoms with Gasteiger partial charge in [-0.25, -0.2) is 0 Å². The molecule has 1 unspecified atom stereocenters. The molecule has 6 nitrogen and oxygen atoms in total. The third kappa shape index (κ3) is 67.1. The third-order valence-electron chi connectivity index (χ3n) is 15.3. The van der Waals surface area contributed by atoms with E-state index >= 15 is 0 Å². The van der Waals surface area contributed by atoms with Crippen molar-refractivity contribution in [3.8, 4) is 0 Å². The van der Waals surface area contributed by atoms with E-state index in [1.165, 1.54) is 180 Å². The van der Waals surface area contributed by atoms with Crippen molar-refractivity contribution < 1.29 is 28.6 Å². The van der Waals surface area contributed by atoms with Crippen LogP contribution in [-0.2, 0) is 28.6 Å². The van der Waals surface area contributed by atoms with Crippen LogP contribution in [-0.4, -0.2) is 37.2 Å². The lowest BCUT2D eigenvalue weighted by Crippen LogP contribution is -2.30. The Morgan fingerprint density at radius 2 is 0.476 bits per heavy atom. The molecule has 0 N–H and O–H groups in total. The SMILES string of the molecule is CC/C=C\C/C=C\C/C=C\C/C=C\C/C=C\C/C=C\CCCCCCCCC(=O)OCC(COC(=O)CCCCCCC/C=C\C/C=C\CCCCCC)OC(=O)CCCCCCCCCCCCCCCCCCCCCCCCC. The maximum absolute atomic E-state index is 13.0. The Bertz CT molecular complexity index is 1590. The lowest BCUT2D eigenvalue weighted by molar-refractivity contribution is -0.167. The molecule has 0 rings (SSSR count). The molecule has 0 bridgehead atoms. The maximum Gasteiger partial charge on any atom is 0.306 e. The Morgan fingerprint density at radius 1 is 0.256 bits per heavy atom. The summed E-state index contributed by atoms with van der Waals surface area (Å²) < 4.78 is 17.0. The summed E-state index contributed by atoms with van der Waals surface area (Å²) in [6.45, 7) is 6.53. The highest BCUT2D eigenvalue weighted by atomic mass is 16.6. The van der Waals surface area contributed by atoms with Crippen molar-refractivity contribution in [2.24, 2.45) is 0 Å². The van der Waals surface area contributed by atoms with Gasteiger partial charge in [0.1, 0.15) is 13.2 Å². The molecule has 0 saturated carbocycles. The average molecular weight is 1140 g/mol. The van der Waals surface area contributed by atoms with Crippen molar-refractivity contribution >= 4 is 17.9 Å². The van der Waals surface area contributed by atoms with Gasteiger partial charge >= 0.3 is 17.9 Å². The van der Waals surface area contributed by atoms with E-state index in [-0.39, 0.29) is 31.1 Å². The highest BCUT2D eigenvalue weighted by Gasteiger charge is 2.19. The molecule has 0 heterocycles. The monoisotopic (exact) mass is 1140 g/mol. The number of carbonyl (C=O) groups excluding carboxylic acids is 3. The van der Waals surface area contributed by atoms with Gasteiger partial charge in [-0.15, -0.1) is 0 Å².